The number of nitrogens with zero attached hydrogens (tertiary/aromatic N) is 1. The van der Waals surface area contributed by atoms with Crippen LogP contribution in [0.25, 0.3) is 0 Å². The molecule has 37 heavy (non-hydrogen) atoms. The third kappa shape index (κ3) is 5.00. The highest BCUT2D eigenvalue weighted by Crippen LogP contribution is 2.41. The largest absolute Gasteiger partial charge is 0.455 e. The summed E-state index contributed by atoms with van der Waals surface area (Å²) in [5.74, 6) is -0.626. The van der Waals surface area contributed by atoms with Gasteiger partial charge in [0, 0.05) is 19.2 Å². The van der Waals surface area contributed by atoms with Gasteiger partial charge in [0.25, 0.3) is 13.9 Å². The molecule has 1 aliphatic rings. The number of carbonyl (C=O) groups is 2. The second-order valence-corrected chi connectivity index (χ2v) is 14.2. The topological polar surface area (TPSA) is 117 Å². The Labute approximate surface area is 215 Å². The van der Waals surface area contributed by atoms with Crippen LogP contribution in [0.1, 0.15) is 33.9 Å². The van der Waals surface area contributed by atoms with Gasteiger partial charge in [-0.25, -0.2) is 4.79 Å². The van der Waals surface area contributed by atoms with Crippen LogP contribution in [0.5, 0.6) is 0 Å². The SMILES string of the molecule is CC(=O)OC1C(O[Si](c2ccccc2)(c2ccccc2)C(C)(C)C)C(C=O)OC1n1ccc(=O)[nH]c1=O. The van der Waals surface area contributed by atoms with E-state index in [2.05, 4.69) is 25.8 Å². The zero-order valence-corrected chi connectivity index (χ0v) is 22.1. The minimum atomic E-state index is -3.19. The molecule has 0 spiro atoms. The average molecular weight is 523 g/mol. The normalized spacial score (nSPS) is 21.9. The van der Waals surface area contributed by atoms with Gasteiger partial charge in [0.15, 0.2) is 18.6 Å². The summed E-state index contributed by atoms with van der Waals surface area (Å²) in [5, 5.41) is 1.49. The molecule has 4 rings (SSSR count). The molecule has 0 radical (unpaired) electrons. The number of hydrogen-bond donors (Lipinski definition) is 1. The van der Waals surface area contributed by atoms with E-state index in [0.717, 1.165) is 21.0 Å². The Morgan fingerprint density at radius 3 is 2.00 bits per heavy atom. The fraction of sp³-hybridized carbons (Fsp3) is 0.333. The fourth-order valence-electron chi connectivity index (χ4n) is 4.97. The van der Waals surface area contributed by atoms with Crippen LogP contribution in [0.4, 0.5) is 0 Å². The number of aldehydes is 1. The summed E-state index contributed by atoms with van der Waals surface area (Å²) < 4.78 is 19.8. The van der Waals surface area contributed by atoms with E-state index >= 15 is 0 Å². The average Bonchev–Trinajstić information content (AvgIpc) is 3.18. The Hall–Kier alpha value is -3.60. The van der Waals surface area contributed by atoms with Gasteiger partial charge >= 0.3 is 11.7 Å². The van der Waals surface area contributed by atoms with Gasteiger partial charge in [0.2, 0.25) is 0 Å². The molecule has 0 bridgehead atoms. The van der Waals surface area contributed by atoms with Crippen LogP contribution >= 0.6 is 0 Å². The number of H-pyrrole nitrogens is 1. The van der Waals surface area contributed by atoms with Crippen molar-refractivity contribution in [2.24, 2.45) is 0 Å². The molecule has 0 amide bonds. The first-order valence-corrected chi connectivity index (χ1v) is 13.9. The summed E-state index contributed by atoms with van der Waals surface area (Å²) >= 11 is 0. The van der Waals surface area contributed by atoms with Crippen molar-refractivity contribution in [3.05, 3.63) is 93.8 Å². The maximum absolute atomic E-state index is 12.6. The van der Waals surface area contributed by atoms with Gasteiger partial charge in [-0.05, 0) is 15.4 Å². The van der Waals surface area contributed by atoms with Gasteiger partial charge < -0.3 is 18.7 Å². The van der Waals surface area contributed by atoms with E-state index in [0.29, 0.717) is 6.29 Å². The van der Waals surface area contributed by atoms with Crippen molar-refractivity contribution in [3.63, 3.8) is 0 Å². The molecule has 10 heteroatoms. The highest BCUT2D eigenvalue weighted by molar-refractivity contribution is 6.99. The monoisotopic (exact) mass is 522 g/mol. The van der Waals surface area contributed by atoms with Crippen LogP contribution in [0.15, 0.2) is 82.5 Å². The van der Waals surface area contributed by atoms with Crippen molar-refractivity contribution >= 4 is 30.9 Å². The van der Waals surface area contributed by atoms with Gasteiger partial charge in [-0.3, -0.25) is 19.1 Å². The Bertz CT molecular complexity index is 1330. The number of hydrogen-bond acceptors (Lipinski definition) is 7. The Balaban J connectivity index is 1.91. The predicted molar refractivity (Wildman–Crippen MR) is 139 cm³/mol. The maximum Gasteiger partial charge on any atom is 0.330 e. The highest BCUT2D eigenvalue weighted by atomic mass is 28.4. The minimum Gasteiger partial charge on any atom is -0.455 e. The summed E-state index contributed by atoms with van der Waals surface area (Å²) in [6.45, 7) is 7.47. The molecule has 4 atom stereocenters. The lowest BCUT2D eigenvalue weighted by molar-refractivity contribution is -0.155. The highest BCUT2D eigenvalue weighted by Gasteiger charge is 2.57. The Morgan fingerprint density at radius 1 is 0.973 bits per heavy atom. The Morgan fingerprint density at radius 2 is 1.54 bits per heavy atom. The summed E-state index contributed by atoms with van der Waals surface area (Å²) in [7, 11) is -3.19. The van der Waals surface area contributed by atoms with E-state index < -0.39 is 55.1 Å². The van der Waals surface area contributed by atoms with E-state index in [4.69, 9.17) is 13.9 Å². The summed E-state index contributed by atoms with van der Waals surface area (Å²) in [4.78, 5) is 50.9. The Kier molecular flexibility index (Phi) is 7.44. The molecule has 1 aliphatic heterocycles. The second-order valence-electron chi connectivity index (χ2n) is 9.96. The fourth-order valence-corrected chi connectivity index (χ4v) is 9.66. The molecule has 2 aromatic carbocycles. The third-order valence-electron chi connectivity index (χ3n) is 6.52. The number of aromatic amines is 1. The van der Waals surface area contributed by atoms with Crippen molar-refractivity contribution in [1.82, 2.24) is 9.55 Å². The molecular formula is C27H30N2O7Si. The third-order valence-corrected chi connectivity index (χ3v) is 11.5. The first-order chi connectivity index (χ1) is 17.6. The molecule has 9 nitrogen and oxygen atoms in total. The molecule has 1 aromatic heterocycles. The smallest absolute Gasteiger partial charge is 0.330 e. The lowest BCUT2D eigenvalue weighted by Gasteiger charge is -2.45. The van der Waals surface area contributed by atoms with Crippen LogP contribution in [-0.2, 0) is 23.5 Å². The van der Waals surface area contributed by atoms with E-state index in [9.17, 15) is 19.2 Å². The van der Waals surface area contributed by atoms with Crippen LogP contribution in [0.3, 0.4) is 0 Å². The van der Waals surface area contributed by atoms with Gasteiger partial charge in [0.05, 0.1) is 0 Å². The van der Waals surface area contributed by atoms with Crippen molar-refractivity contribution in [2.45, 2.75) is 57.3 Å². The number of esters is 1. The molecule has 4 unspecified atom stereocenters. The van der Waals surface area contributed by atoms with Crippen molar-refractivity contribution in [1.29, 1.82) is 0 Å². The van der Waals surface area contributed by atoms with Crippen LogP contribution in [0.2, 0.25) is 5.04 Å². The molecule has 1 fully saturated rings. The number of aromatic nitrogens is 2. The van der Waals surface area contributed by atoms with E-state index in [-0.39, 0.29) is 0 Å². The lowest BCUT2D eigenvalue weighted by atomic mass is 10.1. The van der Waals surface area contributed by atoms with Crippen molar-refractivity contribution in [3.8, 4) is 0 Å². The standard InChI is InChI=1S/C27H30N2O7Si/c1-18(31)34-24-23(21(17-30)35-25(24)29-16-15-22(32)28-26(29)33)36-37(27(2,3)4,19-11-7-5-8-12-19)20-13-9-6-10-14-20/h5-17,21,23-25H,1-4H3,(H,28,32,33). The number of ether oxygens (including phenoxy) is 2. The summed E-state index contributed by atoms with van der Waals surface area (Å²) in [5.41, 5.74) is -1.35. The molecular weight excluding hydrogens is 492 g/mol. The predicted octanol–water partition coefficient (Wildman–Crippen LogP) is 1.51. The number of rotatable bonds is 7. The van der Waals surface area contributed by atoms with Gasteiger partial charge in [0.1, 0.15) is 12.2 Å². The minimum absolute atomic E-state index is 0.434. The van der Waals surface area contributed by atoms with Gasteiger partial charge in [-0.2, -0.15) is 0 Å². The lowest BCUT2D eigenvalue weighted by Crippen LogP contribution is -2.69. The van der Waals surface area contributed by atoms with Crippen molar-refractivity contribution in [2.75, 3.05) is 0 Å². The maximum atomic E-state index is 12.6. The summed E-state index contributed by atoms with van der Waals surface area (Å²) in [6, 6.07) is 20.7. The van der Waals surface area contributed by atoms with E-state index in [1.165, 1.54) is 13.1 Å². The molecule has 194 valence electrons. The number of carbonyl (C=O) groups excluding carboxylic acids is 2. The number of nitrogens with one attached hydrogen (secondary N) is 1. The first-order valence-electron chi connectivity index (χ1n) is 12.0. The molecule has 1 saturated heterocycles. The quantitative estimate of drug-likeness (QED) is 0.284. The number of benzene rings is 2. The van der Waals surface area contributed by atoms with Gasteiger partial charge in [-0.15, -0.1) is 0 Å². The molecule has 0 saturated carbocycles. The van der Waals surface area contributed by atoms with E-state index in [1.54, 1.807) is 0 Å². The molecule has 2 heterocycles. The van der Waals surface area contributed by atoms with Crippen molar-refractivity contribution < 1.29 is 23.5 Å². The second kappa shape index (κ2) is 10.4. The molecule has 1 N–H and O–H groups in total. The first kappa shape index (κ1) is 26.5. The zero-order valence-electron chi connectivity index (χ0n) is 21.1. The molecule has 3 aromatic rings. The summed E-state index contributed by atoms with van der Waals surface area (Å²) in [6.07, 6.45) is -2.67. The van der Waals surface area contributed by atoms with Gasteiger partial charge in [-0.1, -0.05) is 81.4 Å². The van der Waals surface area contributed by atoms with E-state index in [1.807, 2.05) is 60.7 Å². The zero-order chi connectivity index (χ0) is 26.8. The van der Waals surface area contributed by atoms with Crippen LogP contribution < -0.4 is 21.6 Å². The van der Waals surface area contributed by atoms with Crippen LogP contribution in [-0.4, -0.2) is 48.4 Å². The van der Waals surface area contributed by atoms with Crippen LogP contribution in [0, 0.1) is 0 Å². The molecule has 0 aliphatic carbocycles.